The van der Waals surface area contributed by atoms with Crippen molar-refractivity contribution in [1.82, 2.24) is 0 Å². The zero-order valence-electron chi connectivity index (χ0n) is 22.4. The van der Waals surface area contributed by atoms with Crippen LogP contribution in [0.4, 0.5) is 0 Å². The molecule has 0 heterocycles. The molecule has 0 aromatic carbocycles. The molecule has 5 fully saturated rings. The molecular formula is C30H46O5. The molecule has 196 valence electrons. The first-order valence-electron chi connectivity index (χ1n) is 14.0. The van der Waals surface area contributed by atoms with Crippen LogP contribution in [-0.4, -0.2) is 33.4 Å². The van der Waals surface area contributed by atoms with Crippen molar-refractivity contribution in [3.8, 4) is 0 Å². The molecule has 5 saturated carbocycles. The van der Waals surface area contributed by atoms with Crippen molar-refractivity contribution in [3.63, 3.8) is 0 Å². The number of carboxylic acid groups (broad SMARTS) is 2. The zero-order chi connectivity index (χ0) is 25.8. The number of carbonyl (C=O) groups is 2. The first-order valence-corrected chi connectivity index (χ1v) is 14.0. The topological polar surface area (TPSA) is 94.8 Å². The first kappa shape index (κ1) is 25.3. The van der Waals surface area contributed by atoms with E-state index in [1.165, 1.54) is 0 Å². The predicted molar refractivity (Wildman–Crippen MR) is 135 cm³/mol. The molecule has 3 N–H and O–H groups in total. The minimum atomic E-state index is -0.897. The van der Waals surface area contributed by atoms with Crippen molar-refractivity contribution >= 4 is 11.9 Å². The highest BCUT2D eigenvalue weighted by Gasteiger charge is 2.75. The van der Waals surface area contributed by atoms with E-state index in [-0.39, 0.29) is 46.0 Å². The maximum Gasteiger partial charge on any atom is 0.310 e. The van der Waals surface area contributed by atoms with Crippen LogP contribution in [0.2, 0.25) is 0 Å². The molecule has 0 amide bonds. The lowest BCUT2D eigenvalue weighted by Gasteiger charge is -2.71. The molecule has 0 aromatic rings. The van der Waals surface area contributed by atoms with Gasteiger partial charge in [-0.3, -0.25) is 9.59 Å². The molecule has 10 atom stereocenters. The third kappa shape index (κ3) is 2.85. The average molecular weight is 487 g/mol. The monoisotopic (exact) mass is 486 g/mol. The van der Waals surface area contributed by atoms with Crippen LogP contribution in [0.5, 0.6) is 0 Å². The van der Waals surface area contributed by atoms with Crippen molar-refractivity contribution in [1.29, 1.82) is 0 Å². The minimum Gasteiger partial charge on any atom is -0.481 e. The summed E-state index contributed by atoms with van der Waals surface area (Å²) in [4.78, 5) is 26.3. The van der Waals surface area contributed by atoms with E-state index < -0.39 is 22.8 Å². The van der Waals surface area contributed by atoms with Gasteiger partial charge in [0.25, 0.3) is 0 Å². The highest BCUT2D eigenvalue weighted by atomic mass is 16.4. The molecule has 0 aliphatic heterocycles. The number of fused-ring (bicyclic) bond motifs is 7. The standard InChI is InChI=1S/C30H46O5/c1-17(2)18-9-14-29(24(32)33)15-16-30(25(34)35)19(23(18)29)7-8-21-27(5)12-11-22(31)26(3,4)20(27)10-13-28(21,30)6/h18-23,31H,1,7-16H2,2-6H3,(H,32,33)(H,34,35)/t18?,19-,20?,21?,22+,23?,27+,28-,29+,30-/m1/s1. The van der Waals surface area contributed by atoms with Gasteiger partial charge < -0.3 is 15.3 Å². The van der Waals surface area contributed by atoms with Crippen LogP contribution in [0, 0.1) is 56.7 Å². The lowest BCUT2D eigenvalue weighted by atomic mass is 9.32. The Labute approximate surface area is 210 Å². The molecule has 0 aromatic heterocycles. The van der Waals surface area contributed by atoms with Crippen molar-refractivity contribution in [2.24, 2.45) is 56.7 Å². The molecule has 4 unspecified atom stereocenters. The van der Waals surface area contributed by atoms with E-state index in [9.17, 15) is 24.9 Å². The molecule has 0 saturated heterocycles. The SMILES string of the molecule is C=C(C)C1CC[C@]2(C(=O)O)CC[C@]3(C(=O)O)[C@H](CCC4[C@@]5(C)CC[C@H](O)C(C)(C)C5CC[C@]43C)C12. The number of hydrogen-bond acceptors (Lipinski definition) is 3. The smallest absolute Gasteiger partial charge is 0.310 e. The Kier molecular flexibility index (Phi) is 5.48. The van der Waals surface area contributed by atoms with Crippen LogP contribution >= 0.6 is 0 Å². The molecule has 0 bridgehead atoms. The van der Waals surface area contributed by atoms with Gasteiger partial charge in [-0.15, -0.1) is 0 Å². The largest absolute Gasteiger partial charge is 0.481 e. The summed E-state index contributed by atoms with van der Waals surface area (Å²) >= 11 is 0. The summed E-state index contributed by atoms with van der Waals surface area (Å²) in [6, 6.07) is 0. The fourth-order valence-electron chi connectivity index (χ4n) is 11.6. The van der Waals surface area contributed by atoms with Gasteiger partial charge in [0.1, 0.15) is 0 Å². The van der Waals surface area contributed by atoms with Gasteiger partial charge in [0.15, 0.2) is 0 Å². The van der Waals surface area contributed by atoms with Gasteiger partial charge in [-0.05, 0) is 117 Å². The number of rotatable bonds is 3. The van der Waals surface area contributed by atoms with Gasteiger partial charge in [-0.25, -0.2) is 0 Å². The summed E-state index contributed by atoms with van der Waals surface area (Å²) in [5.74, 6) is -0.959. The second-order valence-corrected chi connectivity index (χ2v) is 14.4. The van der Waals surface area contributed by atoms with Crippen LogP contribution in [0.15, 0.2) is 12.2 Å². The summed E-state index contributed by atoms with van der Waals surface area (Å²) < 4.78 is 0. The molecule has 0 radical (unpaired) electrons. The van der Waals surface area contributed by atoms with E-state index in [0.717, 1.165) is 50.5 Å². The zero-order valence-corrected chi connectivity index (χ0v) is 22.4. The van der Waals surface area contributed by atoms with Crippen molar-refractivity contribution in [3.05, 3.63) is 12.2 Å². The Hall–Kier alpha value is -1.36. The van der Waals surface area contributed by atoms with Crippen LogP contribution in [0.1, 0.15) is 98.8 Å². The van der Waals surface area contributed by atoms with Crippen molar-refractivity contribution in [2.45, 2.75) is 105 Å². The Morgan fingerprint density at radius 2 is 1.49 bits per heavy atom. The Bertz CT molecular complexity index is 954. The fourth-order valence-corrected chi connectivity index (χ4v) is 11.6. The average Bonchev–Trinajstić information content (AvgIpc) is 3.18. The second-order valence-electron chi connectivity index (χ2n) is 14.4. The van der Waals surface area contributed by atoms with Crippen molar-refractivity contribution in [2.75, 3.05) is 0 Å². The normalized spacial score (nSPS) is 52.4. The molecular weight excluding hydrogens is 440 g/mol. The van der Waals surface area contributed by atoms with Crippen LogP contribution in [0.3, 0.4) is 0 Å². The molecule has 5 nitrogen and oxygen atoms in total. The first-order chi connectivity index (χ1) is 16.2. The number of allylic oxidation sites excluding steroid dienone is 1. The number of aliphatic hydroxyl groups excluding tert-OH is 1. The number of carboxylic acids is 2. The number of aliphatic carboxylic acids is 2. The van der Waals surface area contributed by atoms with Gasteiger partial charge in [0.2, 0.25) is 0 Å². The lowest BCUT2D eigenvalue weighted by molar-refractivity contribution is -0.254. The summed E-state index contributed by atoms with van der Waals surface area (Å²) in [5, 5.41) is 32.5. The van der Waals surface area contributed by atoms with E-state index in [2.05, 4.69) is 34.3 Å². The van der Waals surface area contributed by atoms with E-state index in [1.807, 2.05) is 6.92 Å². The van der Waals surface area contributed by atoms with E-state index in [4.69, 9.17) is 0 Å². The Balaban J connectivity index is 1.64. The number of hydrogen-bond donors (Lipinski definition) is 3. The minimum absolute atomic E-state index is 0.00604. The van der Waals surface area contributed by atoms with Crippen LogP contribution < -0.4 is 0 Å². The summed E-state index contributed by atoms with van der Waals surface area (Å²) in [5.41, 5.74) is -1.25. The van der Waals surface area contributed by atoms with Gasteiger partial charge in [-0.1, -0.05) is 39.8 Å². The predicted octanol–water partition coefficient (Wildman–Crippen LogP) is 6.15. The van der Waals surface area contributed by atoms with E-state index >= 15 is 0 Å². The Morgan fingerprint density at radius 3 is 2.09 bits per heavy atom. The van der Waals surface area contributed by atoms with E-state index in [1.54, 1.807) is 0 Å². The van der Waals surface area contributed by atoms with Crippen molar-refractivity contribution < 1.29 is 24.9 Å². The maximum absolute atomic E-state index is 13.5. The molecule has 35 heavy (non-hydrogen) atoms. The number of aliphatic hydroxyl groups is 1. The summed E-state index contributed by atoms with van der Waals surface area (Å²) in [6.45, 7) is 15.3. The van der Waals surface area contributed by atoms with Gasteiger partial charge in [0.05, 0.1) is 16.9 Å². The van der Waals surface area contributed by atoms with Gasteiger partial charge in [-0.2, -0.15) is 0 Å². The van der Waals surface area contributed by atoms with Crippen LogP contribution in [-0.2, 0) is 9.59 Å². The van der Waals surface area contributed by atoms with Gasteiger partial charge in [0, 0.05) is 0 Å². The molecule has 0 spiro atoms. The summed E-state index contributed by atoms with van der Waals surface area (Å²) in [7, 11) is 0. The highest BCUT2D eigenvalue weighted by Crippen LogP contribution is 2.77. The van der Waals surface area contributed by atoms with E-state index in [0.29, 0.717) is 25.2 Å². The molecule has 5 heteroatoms. The molecule has 5 aliphatic carbocycles. The third-order valence-corrected chi connectivity index (χ3v) is 13.3. The lowest BCUT2D eigenvalue weighted by Crippen LogP contribution is -2.69. The quantitative estimate of drug-likeness (QED) is 0.416. The second kappa shape index (κ2) is 7.58. The third-order valence-electron chi connectivity index (χ3n) is 13.3. The molecule has 5 aliphatic rings. The fraction of sp³-hybridized carbons (Fsp3) is 0.867. The Morgan fingerprint density at radius 1 is 0.800 bits per heavy atom. The maximum atomic E-state index is 13.5. The van der Waals surface area contributed by atoms with Gasteiger partial charge >= 0.3 is 11.9 Å². The molecule has 5 rings (SSSR count). The van der Waals surface area contributed by atoms with Crippen LogP contribution in [0.25, 0.3) is 0 Å². The highest BCUT2D eigenvalue weighted by molar-refractivity contribution is 5.80. The summed E-state index contributed by atoms with van der Waals surface area (Å²) in [6.07, 6.45) is 7.34.